The number of piperidine rings is 1. The molecule has 0 aromatic heterocycles. The van der Waals surface area contributed by atoms with Gasteiger partial charge in [-0.05, 0) is 53.0 Å². The Balaban J connectivity index is 1.87. The average molecular weight is 318 g/mol. The molecule has 0 radical (unpaired) electrons. The summed E-state index contributed by atoms with van der Waals surface area (Å²) in [6.45, 7) is 10.8. The molecule has 128 valence electrons. The van der Waals surface area contributed by atoms with Gasteiger partial charge in [-0.3, -0.25) is 0 Å². The molecular formula is C19H30N2O2. The van der Waals surface area contributed by atoms with E-state index < -0.39 is 5.60 Å². The van der Waals surface area contributed by atoms with Crippen molar-refractivity contribution in [2.24, 2.45) is 0 Å². The third-order valence-corrected chi connectivity index (χ3v) is 4.29. The molecule has 1 aromatic rings. The largest absolute Gasteiger partial charge is 0.444 e. The number of rotatable bonds is 3. The Labute approximate surface area is 140 Å². The van der Waals surface area contributed by atoms with Crippen LogP contribution in [0.5, 0.6) is 0 Å². The van der Waals surface area contributed by atoms with E-state index in [4.69, 9.17) is 4.74 Å². The minimum Gasteiger partial charge on any atom is -0.444 e. The molecule has 1 saturated heterocycles. The lowest BCUT2D eigenvalue weighted by molar-refractivity contribution is 0.00905. The van der Waals surface area contributed by atoms with Crippen molar-refractivity contribution in [2.45, 2.75) is 71.2 Å². The molecule has 23 heavy (non-hydrogen) atoms. The van der Waals surface area contributed by atoms with E-state index in [2.05, 4.69) is 43.4 Å². The lowest BCUT2D eigenvalue weighted by Gasteiger charge is -2.39. The fourth-order valence-electron chi connectivity index (χ4n) is 3.11. The number of nitrogens with zero attached hydrogens (tertiary/aromatic N) is 1. The van der Waals surface area contributed by atoms with E-state index in [9.17, 15) is 4.79 Å². The van der Waals surface area contributed by atoms with Gasteiger partial charge in [-0.2, -0.15) is 0 Å². The van der Waals surface area contributed by atoms with Gasteiger partial charge in [-0.1, -0.05) is 30.3 Å². The molecule has 1 fully saturated rings. The first kappa shape index (κ1) is 17.8. The van der Waals surface area contributed by atoms with Gasteiger partial charge in [0.15, 0.2) is 0 Å². The SMILES string of the molecule is C[C@H](N[C@H]1CCN(C(=O)OC(C)(C)C)[C@@H](C)C1)c1ccccc1. The summed E-state index contributed by atoms with van der Waals surface area (Å²) in [4.78, 5) is 14.1. The average Bonchev–Trinajstić information content (AvgIpc) is 2.46. The van der Waals surface area contributed by atoms with Gasteiger partial charge >= 0.3 is 6.09 Å². The lowest BCUT2D eigenvalue weighted by atomic mass is 9.97. The van der Waals surface area contributed by atoms with Crippen molar-refractivity contribution in [1.29, 1.82) is 0 Å². The molecule has 1 N–H and O–H groups in total. The van der Waals surface area contributed by atoms with Gasteiger partial charge < -0.3 is 15.0 Å². The highest BCUT2D eigenvalue weighted by Crippen LogP contribution is 2.23. The molecule has 1 aliphatic heterocycles. The number of carbonyl (C=O) groups is 1. The summed E-state index contributed by atoms with van der Waals surface area (Å²) in [5, 5.41) is 3.69. The maximum absolute atomic E-state index is 12.3. The van der Waals surface area contributed by atoms with Crippen molar-refractivity contribution in [1.82, 2.24) is 10.2 Å². The molecule has 1 heterocycles. The first-order chi connectivity index (χ1) is 10.8. The van der Waals surface area contributed by atoms with E-state index in [1.165, 1.54) is 5.56 Å². The van der Waals surface area contributed by atoms with E-state index in [1.807, 2.05) is 31.7 Å². The zero-order valence-electron chi connectivity index (χ0n) is 15.0. The fourth-order valence-corrected chi connectivity index (χ4v) is 3.11. The third-order valence-electron chi connectivity index (χ3n) is 4.29. The summed E-state index contributed by atoms with van der Waals surface area (Å²) in [5.41, 5.74) is 0.864. The molecule has 0 bridgehead atoms. The standard InChI is InChI=1S/C19H30N2O2/c1-14-13-17(20-15(2)16-9-7-6-8-10-16)11-12-21(14)18(22)23-19(3,4)5/h6-10,14-15,17,20H,11-13H2,1-5H3/t14-,15-,17-/m0/s1. The highest BCUT2D eigenvalue weighted by Gasteiger charge is 2.32. The molecule has 0 unspecified atom stereocenters. The van der Waals surface area contributed by atoms with Crippen molar-refractivity contribution in [3.05, 3.63) is 35.9 Å². The van der Waals surface area contributed by atoms with E-state index in [1.54, 1.807) is 0 Å². The quantitative estimate of drug-likeness (QED) is 0.911. The summed E-state index contributed by atoms with van der Waals surface area (Å²) in [7, 11) is 0. The summed E-state index contributed by atoms with van der Waals surface area (Å²) in [6, 6.07) is 11.4. The molecule has 4 nitrogen and oxygen atoms in total. The molecule has 1 aliphatic rings. The predicted octanol–water partition coefficient (Wildman–Crippen LogP) is 4.13. The van der Waals surface area contributed by atoms with Gasteiger partial charge in [-0.15, -0.1) is 0 Å². The van der Waals surface area contributed by atoms with Gasteiger partial charge in [0.25, 0.3) is 0 Å². The topological polar surface area (TPSA) is 41.6 Å². The highest BCUT2D eigenvalue weighted by molar-refractivity contribution is 5.68. The predicted molar refractivity (Wildman–Crippen MR) is 93.4 cm³/mol. The van der Waals surface area contributed by atoms with Crippen LogP contribution in [0.3, 0.4) is 0 Å². The number of nitrogens with one attached hydrogen (secondary N) is 1. The first-order valence-corrected chi connectivity index (χ1v) is 8.57. The van der Waals surface area contributed by atoms with Gasteiger partial charge in [-0.25, -0.2) is 4.79 Å². The minimum atomic E-state index is -0.437. The second-order valence-corrected chi connectivity index (χ2v) is 7.54. The lowest BCUT2D eigenvalue weighted by Crippen LogP contribution is -2.51. The monoisotopic (exact) mass is 318 g/mol. The number of likely N-dealkylation sites (tertiary alicyclic amines) is 1. The van der Waals surface area contributed by atoms with E-state index in [0.29, 0.717) is 12.1 Å². The molecule has 3 atom stereocenters. The molecule has 0 aliphatic carbocycles. The molecule has 4 heteroatoms. The molecule has 0 saturated carbocycles. The summed E-state index contributed by atoms with van der Waals surface area (Å²) < 4.78 is 5.50. The van der Waals surface area contributed by atoms with Gasteiger partial charge in [0, 0.05) is 24.7 Å². The van der Waals surface area contributed by atoms with Crippen molar-refractivity contribution in [3.8, 4) is 0 Å². The van der Waals surface area contributed by atoms with Crippen LogP contribution in [0.2, 0.25) is 0 Å². The zero-order valence-corrected chi connectivity index (χ0v) is 15.0. The number of ether oxygens (including phenoxy) is 1. The second kappa shape index (κ2) is 7.35. The van der Waals surface area contributed by atoms with Crippen molar-refractivity contribution >= 4 is 6.09 Å². The van der Waals surface area contributed by atoms with Crippen molar-refractivity contribution in [3.63, 3.8) is 0 Å². The molecule has 2 rings (SSSR count). The Kier molecular flexibility index (Phi) is 5.69. The van der Waals surface area contributed by atoms with Crippen LogP contribution in [0.25, 0.3) is 0 Å². The normalized spacial score (nSPS) is 23.4. The van der Waals surface area contributed by atoms with Crippen LogP contribution in [-0.2, 0) is 4.74 Å². The van der Waals surface area contributed by atoms with E-state index in [0.717, 1.165) is 19.4 Å². The molecule has 1 amide bonds. The number of hydrogen-bond acceptors (Lipinski definition) is 3. The Morgan fingerprint density at radius 3 is 2.52 bits per heavy atom. The highest BCUT2D eigenvalue weighted by atomic mass is 16.6. The van der Waals surface area contributed by atoms with Crippen LogP contribution in [0, 0.1) is 0 Å². The van der Waals surface area contributed by atoms with Gasteiger partial charge in [0.2, 0.25) is 0 Å². The summed E-state index contributed by atoms with van der Waals surface area (Å²) >= 11 is 0. The van der Waals surface area contributed by atoms with Crippen LogP contribution >= 0.6 is 0 Å². The smallest absolute Gasteiger partial charge is 0.410 e. The number of benzene rings is 1. The van der Waals surface area contributed by atoms with E-state index >= 15 is 0 Å². The van der Waals surface area contributed by atoms with Crippen LogP contribution < -0.4 is 5.32 Å². The van der Waals surface area contributed by atoms with Crippen LogP contribution in [0.15, 0.2) is 30.3 Å². The van der Waals surface area contributed by atoms with Crippen LogP contribution in [0.1, 0.15) is 59.1 Å². The number of carbonyl (C=O) groups excluding carboxylic acids is 1. The minimum absolute atomic E-state index is 0.194. The van der Waals surface area contributed by atoms with E-state index in [-0.39, 0.29) is 12.1 Å². The number of hydrogen-bond donors (Lipinski definition) is 1. The number of amides is 1. The Hall–Kier alpha value is -1.55. The molecule has 0 spiro atoms. The Morgan fingerprint density at radius 1 is 1.30 bits per heavy atom. The van der Waals surface area contributed by atoms with Crippen molar-refractivity contribution in [2.75, 3.05) is 6.54 Å². The van der Waals surface area contributed by atoms with Gasteiger partial charge in [0.1, 0.15) is 5.60 Å². The van der Waals surface area contributed by atoms with Crippen LogP contribution in [-0.4, -0.2) is 35.2 Å². The van der Waals surface area contributed by atoms with Crippen molar-refractivity contribution < 1.29 is 9.53 Å². The maximum Gasteiger partial charge on any atom is 0.410 e. The zero-order chi connectivity index (χ0) is 17.0. The summed E-state index contributed by atoms with van der Waals surface area (Å²) in [5.74, 6) is 0. The fraction of sp³-hybridized carbons (Fsp3) is 0.632. The Morgan fingerprint density at radius 2 is 1.96 bits per heavy atom. The summed E-state index contributed by atoms with van der Waals surface area (Å²) in [6.07, 6.45) is 1.72. The third kappa shape index (κ3) is 5.24. The molecular weight excluding hydrogens is 288 g/mol. The van der Waals surface area contributed by atoms with Crippen LogP contribution in [0.4, 0.5) is 4.79 Å². The first-order valence-electron chi connectivity index (χ1n) is 8.57. The Bertz CT molecular complexity index is 510. The van der Waals surface area contributed by atoms with Gasteiger partial charge in [0.05, 0.1) is 0 Å². The maximum atomic E-state index is 12.3. The second-order valence-electron chi connectivity index (χ2n) is 7.54. The molecule has 1 aromatic carbocycles.